The SMILES string of the molecule is O=C(c1nccnc1-c1nc2ccccc2s1)N1CCc2ccccc2C1. The van der Waals surface area contributed by atoms with Crippen molar-refractivity contribution in [2.45, 2.75) is 13.0 Å². The number of rotatable bonds is 2. The van der Waals surface area contributed by atoms with E-state index < -0.39 is 0 Å². The number of carbonyl (C=O) groups excluding carboxylic acids is 1. The predicted molar refractivity (Wildman–Crippen MR) is 106 cm³/mol. The fraction of sp³-hybridized carbons (Fsp3) is 0.143. The highest BCUT2D eigenvalue weighted by Crippen LogP contribution is 2.31. The van der Waals surface area contributed by atoms with Crippen molar-refractivity contribution in [3.63, 3.8) is 0 Å². The van der Waals surface area contributed by atoms with Crippen molar-refractivity contribution >= 4 is 27.5 Å². The zero-order valence-corrected chi connectivity index (χ0v) is 15.3. The topological polar surface area (TPSA) is 59.0 Å². The molecule has 5 nitrogen and oxygen atoms in total. The summed E-state index contributed by atoms with van der Waals surface area (Å²) in [4.78, 5) is 28.5. The van der Waals surface area contributed by atoms with Crippen LogP contribution in [0.25, 0.3) is 20.9 Å². The Morgan fingerprint density at radius 3 is 2.63 bits per heavy atom. The van der Waals surface area contributed by atoms with Crippen LogP contribution in [0.2, 0.25) is 0 Å². The van der Waals surface area contributed by atoms with Gasteiger partial charge in [-0.1, -0.05) is 36.4 Å². The number of hydrogen-bond donors (Lipinski definition) is 0. The molecule has 6 heteroatoms. The largest absolute Gasteiger partial charge is 0.333 e. The number of fused-ring (bicyclic) bond motifs is 2. The number of thiazole rings is 1. The van der Waals surface area contributed by atoms with E-state index in [0.717, 1.165) is 21.6 Å². The van der Waals surface area contributed by atoms with E-state index in [9.17, 15) is 4.79 Å². The maximum absolute atomic E-state index is 13.2. The van der Waals surface area contributed by atoms with Gasteiger partial charge >= 0.3 is 0 Å². The lowest BCUT2D eigenvalue weighted by Crippen LogP contribution is -2.36. The molecule has 5 rings (SSSR count). The van der Waals surface area contributed by atoms with Gasteiger partial charge in [-0.15, -0.1) is 11.3 Å². The molecular formula is C21H16N4OS. The van der Waals surface area contributed by atoms with Crippen molar-refractivity contribution in [1.29, 1.82) is 0 Å². The molecule has 0 fully saturated rings. The maximum Gasteiger partial charge on any atom is 0.275 e. The fourth-order valence-corrected chi connectivity index (χ4v) is 4.41. The zero-order valence-electron chi connectivity index (χ0n) is 14.5. The molecule has 27 heavy (non-hydrogen) atoms. The van der Waals surface area contributed by atoms with Gasteiger partial charge in [0.1, 0.15) is 10.7 Å². The Labute approximate surface area is 160 Å². The molecule has 2 aromatic heterocycles. The van der Waals surface area contributed by atoms with Crippen molar-refractivity contribution in [1.82, 2.24) is 19.9 Å². The first-order valence-corrected chi connectivity index (χ1v) is 9.64. The van der Waals surface area contributed by atoms with Crippen molar-refractivity contribution in [2.24, 2.45) is 0 Å². The maximum atomic E-state index is 13.2. The summed E-state index contributed by atoms with van der Waals surface area (Å²) < 4.78 is 1.07. The van der Waals surface area contributed by atoms with Crippen molar-refractivity contribution in [3.05, 3.63) is 77.7 Å². The van der Waals surface area contributed by atoms with E-state index in [0.29, 0.717) is 24.5 Å². The van der Waals surface area contributed by atoms with Crippen LogP contribution >= 0.6 is 11.3 Å². The van der Waals surface area contributed by atoms with Gasteiger partial charge in [0, 0.05) is 25.5 Å². The minimum Gasteiger partial charge on any atom is -0.333 e. The summed E-state index contributed by atoms with van der Waals surface area (Å²) in [5, 5.41) is 0.727. The number of para-hydroxylation sites is 1. The smallest absolute Gasteiger partial charge is 0.275 e. The highest BCUT2D eigenvalue weighted by Gasteiger charge is 2.26. The third kappa shape index (κ3) is 2.88. The monoisotopic (exact) mass is 372 g/mol. The van der Waals surface area contributed by atoms with Gasteiger partial charge in [0.25, 0.3) is 5.91 Å². The van der Waals surface area contributed by atoms with Gasteiger partial charge in [0.2, 0.25) is 0 Å². The Kier molecular flexibility index (Phi) is 3.90. The molecule has 0 aliphatic carbocycles. The second-order valence-electron chi connectivity index (χ2n) is 6.49. The first-order valence-electron chi connectivity index (χ1n) is 8.82. The first kappa shape index (κ1) is 16.1. The lowest BCUT2D eigenvalue weighted by atomic mass is 9.99. The predicted octanol–water partition coefficient (Wildman–Crippen LogP) is 3.95. The van der Waals surface area contributed by atoms with Gasteiger partial charge in [-0.2, -0.15) is 0 Å². The minimum atomic E-state index is -0.0909. The summed E-state index contributed by atoms with van der Waals surface area (Å²) in [6.07, 6.45) is 4.05. The molecule has 1 aliphatic rings. The Morgan fingerprint density at radius 1 is 0.963 bits per heavy atom. The van der Waals surface area contributed by atoms with Crippen molar-refractivity contribution in [2.75, 3.05) is 6.54 Å². The van der Waals surface area contributed by atoms with Crippen LogP contribution in [-0.4, -0.2) is 32.3 Å². The van der Waals surface area contributed by atoms with E-state index in [-0.39, 0.29) is 5.91 Å². The van der Waals surface area contributed by atoms with Gasteiger partial charge < -0.3 is 4.90 Å². The van der Waals surface area contributed by atoms with E-state index in [1.807, 2.05) is 41.3 Å². The van der Waals surface area contributed by atoms with Crippen molar-refractivity contribution < 1.29 is 4.79 Å². The molecule has 3 heterocycles. The molecule has 0 N–H and O–H groups in total. The summed E-state index contributed by atoms with van der Waals surface area (Å²) in [5.74, 6) is -0.0909. The molecule has 132 valence electrons. The Morgan fingerprint density at radius 2 is 1.74 bits per heavy atom. The van der Waals surface area contributed by atoms with Gasteiger partial charge in [-0.3, -0.25) is 4.79 Å². The lowest BCUT2D eigenvalue weighted by Gasteiger charge is -2.28. The van der Waals surface area contributed by atoms with Crippen LogP contribution in [0.1, 0.15) is 21.6 Å². The molecule has 2 aromatic carbocycles. The van der Waals surface area contributed by atoms with E-state index in [1.54, 1.807) is 12.4 Å². The molecule has 1 amide bonds. The van der Waals surface area contributed by atoms with Gasteiger partial charge in [-0.05, 0) is 29.7 Å². The van der Waals surface area contributed by atoms with E-state index >= 15 is 0 Å². The molecule has 1 aliphatic heterocycles. The molecule has 0 saturated carbocycles. The van der Waals surface area contributed by atoms with E-state index in [4.69, 9.17) is 0 Å². The molecule has 0 bridgehead atoms. The number of nitrogens with zero attached hydrogens (tertiary/aromatic N) is 4. The highest BCUT2D eigenvalue weighted by molar-refractivity contribution is 7.21. The van der Waals surface area contributed by atoms with Gasteiger partial charge in [-0.25, -0.2) is 15.0 Å². The first-order chi connectivity index (χ1) is 13.3. The second-order valence-corrected chi connectivity index (χ2v) is 7.52. The van der Waals surface area contributed by atoms with Gasteiger partial charge in [0.05, 0.1) is 10.2 Å². The average Bonchev–Trinajstić information content (AvgIpc) is 3.17. The molecular weight excluding hydrogens is 356 g/mol. The Hall–Kier alpha value is -3.12. The Bertz CT molecular complexity index is 1120. The highest BCUT2D eigenvalue weighted by atomic mass is 32.1. The zero-order chi connectivity index (χ0) is 18.2. The molecule has 0 atom stereocenters. The van der Waals surface area contributed by atoms with Crippen molar-refractivity contribution in [3.8, 4) is 10.7 Å². The summed E-state index contributed by atoms with van der Waals surface area (Å²) in [6, 6.07) is 16.2. The molecule has 0 spiro atoms. The molecule has 0 radical (unpaired) electrons. The van der Waals surface area contributed by atoms with Crippen LogP contribution in [0.4, 0.5) is 0 Å². The van der Waals surface area contributed by atoms with Gasteiger partial charge in [0.15, 0.2) is 5.69 Å². The molecule has 0 unspecified atom stereocenters. The number of carbonyl (C=O) groups is 1. The molecule has 4 aromatic rings. The number of aromatic nitrogens is 3. The third-order valence-corrected chi connectivity index (χ3v) is 5.86. The Balaban J connectivity index is 1.52. The molecule has 0 saturated heterocycles. The van der Waals surface area contributed by atoms with Crippen LogP contribution in [0.3, 0.4) is 0 Å². The van der Waals surface area contributed by atoms with Crippen LogP contribution < -0.4 is 0 Å². The lowest BCUT2D eigenvalue weighted by molar-refractivity contribution is 0.0729. The normalized spacial score (nSPS) is 13.6. The van der Waals surface area contributed by atoms with Crippen LogP contribution in [0, 0.1) is 0 Å². The van der Waals surface area contributed by atoms with Crippen LogP contribution in [0.5, 0.6) is 0 Å². The number of benzene rings is 2. The fourth-order valence-electron chi connectivity index (χ4n) is 3.44. The quantitative estimate of drug-likeness (QED) is 0.535. The number of amides is 1. The van der Waals surface area contributed by atoms with E-state index in [1.165, 1.54) is 22.5 Å². The third-order valence-electron chi connectivity index (χ3n) is 4.82. The van der Waals surface area contributed by atoms with Crippen LogP contribution in [-0.2, 0) is 13.0 Å². The second kappa shape index (κ2) is 6.55. The minimum absolute atomic E-state index is 0.0909. The standard InChI is InChI=1S/C21H16N4OS/c26-21(25-12-9-14-5-1-2-6-15(14)13-25)19-18(22-10-11-23-19)20-24-16-7-3-4-8-17(16)27-20/h1-8,10-11H,9,12-13H2. The number of hydrogen-bond acceptors (Lipinski definition) is 5. The summed E-state index contributed by atoms with van der Waals surface area (Å²) in [5.41, 5.74) is 4.35. The van der Waals surface area contributed by atoms with E-state index in [2.05, 4.69) is 27.1 Å². The van der Waals surface area contributed by atoms with Crippen LogP contribution in [0.15, 0.2) is 60.9 Å². The summed E-state index contributed by atoms with van der Waals surface area (Å²) in [7, 11) is 0. The summed E-state index contributed by atoms with van der Waals surface area (Å²) in [6.45, 7) is 1.29. The average molecular weight is 372 g/mol. The summed E-state index contributed by atoms with van der Waals surface area (Å²) >= 11 is 1.53.